The van der Waals surface area contributed by atoms with E-state index in [1.807, 2.05) is 12.2 Å². The van der Waals surface area contributed by atoms with Crippen molar-refractivity contribution in [3.05, 3.63) is 36.2 Å². The lowest BCUT2D eigenvalue weighted by Gasteiger charge is -2.11. The number of hydrogen-bond donors (Lipinski definition) is 2. The Bertz CT molecular complexity index is 474. The standard InChI is InChI=1S/C12H12N2O3/c15-11(8-4-1-2-5-8)14-9-6-3-7-13-10(9)12(16)17/h1-3,6-8H,4-5H2,(H,14,15)(H,16,17). The van der Waals surface area contributed by atoms with Crippen molar-refractivity contribution in [1.82, 2.24) is 4.98 Å². The lowest BCUT2D eigenvalue weighted by molar-refractivity contribution is -0.119. The largest absolute Gasteiger partial charge is 0.476 e. The number of nitrogens with zero attached hydrogens (tertiary/aromatic N) is 1. The number of carbonyl (C=O) groups is 2. The molecule has 1 aliphatic rings. The van der Waals surface area contributed by atoms with Crippen LogP contribution in [0.25, 0.3) is 0 Å². The molecule has 0 aromatic carbocycles. The lowest BCUT2D eigenvalue weighted by Crippen LogP contribution is -2.22. The van der Waals surface area contributed by atoms with Gasteiger partial charge >= 0.3 is 5.97 Å². The summed E-state index contributed by atoms with van der Waals surface area (Å²) in [5, 5.41) is 11.5. The Morgan fingerprint density at radius 3 is 2.71 bits per heavy atom. The van der Waals surface area contributed by atoms with Gasteiger partial charge in [-0.15, -0.1) is 0 Å². The van der Waals surface area contributed by atoms with Gasteiger partial charge < -0.3 is 10.4 Å². The molecular weight excluding hydrogens is 220 g/mol. The maximum Gasteiger partial charge on any atom is 0.356 e. The van der Waals surface area contributed by atoms with E-state index in [-0.39, 0.29) is 23.2 Å². The van der Waals surface area contributed by atoms with Crippen molar-refractivity contribution in [2.45, 2.75) is 12.8 Å². The van der Waals surface area contributed by atoms with Crippen LogP contribution in [0.15, 0.2) is 30.5 Å². The third-order valence-corrected chi connectivity index (χ3v) is 2.65. The molecule has 1 aliphatic carbocycles. The Labute approximate surface area is 98.2 Å². The van der Waals surface area contributed by atoms with Crippen molar-refractivity contribution in [2.24, 2.45) is 5.92 Å². The third kappa shape index (κ3) is 2.50. The summed E-state index contributed by atoms with van der Waals surface area (Å²) in [6.45, 7) is 0. The van der Waals surface area contributed by atoms with Gasteiger partial charge in [0.2, 0.25) is 5.91 Å². The van der Waals surface area contributed by atoms with Crippen molar-refractivity contribution in [1.29, 1.82) is 0 Å². The predicted octanol–water partition coefficient (Wildman–Crippen LogP) is 1.68. The average Bonchev–Trinajstić information content (AvgIpc) is 2.83. The van der Waals surface area contributed by atoms with Crippen LogP contribution in [-0.4, -0.2) is 22.0 Å². The monoisotopic (exact) mass is 232 g/mol. The van der Waals surface area contributed by atoms with Gasteiger partial charge in [0.05, 0.1) is 5.69 Å². The number of pyridine rings is 1. The van der Waals surface area contributed by atoms with E-state index in [1.165, 1.54) is 12.3 Å². The number of carboxylic acid groups (broad SMARTS) is 1. The first-order chi connectivity index (χ1) is 8.18. The normalized spacial score (nSPS) is 14.8. The zero-order valence-electron chi connectivity index (χ0n) is 9.09. The number of rotatable bonds is 3. The summed E-state index contributed by atoms with van der Waals surface area (Å²) < 4.78 is 0. The molecule has 1 aromatic rings. The number of carboxylic acids is 1. The van der Waals surface area contributed by atoms with Gasteiger partial charge in [-0.3, -0.25) is 4.79 Å². The summed E-state index contributed by atoms with van der Waals surface area (Å²) in [6, 6.07) is 3.13. The molecule has 1 heterocycles. The van der Waals surface area contributed by atoms with Crippen molar-refractivity contribution < 1.29 is 14.7 Å². The molecule has 17 heavy (non-hydrogen) atoms. The minimum absolute atomic E-state index is 0.100. The zero-order valence-corrected chi connectivity index (χ0v) is 9.09. The van der Waals surface area contributed by atoms with Crippen LogP contribution in [0.3, 0.4) is 0 Å². The summed E-state index contributed by atoms with van der Waals surface area (Å²) in [5.74, 6) is -1.41. The SMILES string of the molecule is O=C(O)c1ncccc1NC(=O)C1CC=CC1. The van der Waals surface area contributed by atoms with Crippen LogP contribution in [0.2, 0.25) is 0 Å². The molecule has 5 nitrogen and oxygen atoms in total. The van der Waals surface area contributed by atoms with E-state index in [4.69, 9.17) is 5.11 Å². The van der Waals surface area contributed by atoms with Crippen LogP contribution in [0.4, 0.5) is 5.69 Å². The van der Waals surface area contributed by atoms with Crippen LogP contribution < -0.4 is 5.32 Å². The second-order valence-corrected chi connectivity index (χ2v) is 3.83. The van der Waals surface area contributed by atoms with Crippen molar-refractivity contribution in [2.75, 3.05) is 5.32 Å². The summed E-state index contributed by atoms with van der Waals surface area (Å²) in [5.41, 5.74) is 0.115. The second kappa shape index (κ2) is 4.78. The topological polar surface area (TPSA) is 79.3 Å². The van der Waals surface area contributed by atoms with Gasteiger partial charge in [0, 0.05) is 12.1 Å². The molecule has 2 rings (SSSR count). The first-order valence-corrected chi connectivity index (χ1v) is 5.32. The third-order valence-electron chi connectivity index (χ3n) is 2.65. The molecule has 0 saturated carbocycles. The highest BCUT2D eigenvalue weighted by atomic mass is 16.4. The first kappa shape index (κ1) is 11.3. The van der Waals surface area contributed by atoms with Crippen molar-refractivity contribution >= 4 is 17.6 Å². The number of hydrogen-bond acceptors (Lipinski definition) is 3. The van der Waals surface area contributed by atoms with Gasteiger partial charge in [-0.25, -0.2) is 9.78 Å². The number of amides is 1. The number of carbonyl (C=O) groups excluding carboxylic acids is 1. The molecule has 0 unspecified atom stereocenters. The summed E-state index contributed by atoms with van der Waals surface area (Å²) >= 11 is 0. The number of aromatic nitrogens is 1. The molecule has 0 radical (unpaired) electrons. The lowest BCUT2D eigenvalue weighted by atomic mass is 10.1. The second-order valence-electron chi connectivity index (χ2n) is 3.83. The van der Waals surface area contributed by atoms with E-state index in [9.17, 15) is 9.59 Å². The van der Waals surface area contributed by atoms with Gasteiger partial charge in [-0.1, -0.05) is 12.2 Å². The number of aromatic carboxylic acids is 1. The molecular formula is C12H12N2O3. The fourth-order valence-electron chi connectivity index (χ4n) is 1.74. The van der Waals surface area contributed by atoms with Crippen LogP contribution in [-0.2, 0) is 4.79 Å². The smallest absolute Gasteiger partial charge is 0.356 e. The molecule has 1 aromatic heterocycles. The molecule has 1 amide bonds. The summed E-state index contributed by atoms with van der Waals surface area (Å²) in [7, 11) is 0. The Morgan fingerprint density at radius 2 is 2.06 bits per heavy atom. The fourth-order valence-corrected chi connectivity index (χ4v) is 1.74. The molecule has 0 fully saturated rings. The van der Waals surface area contributed by atoms with E-state index < -0.39 is 5.97 Å². The van der Waals surface area contributed by atoms with Gasteiger partial charge in [-0.2, -0.15) is 0 Å². The van der Waals surface area contributed by atoms with Gasteiger partial charge in [0.15, 0.2) is 5.69 Å². The number of nitrogens with one attached hydrogen (secondary N) is 1. The highest BCUT2D eigenvalue weighted by molar-refractivity contribution is 6.00. The predicted molar refractivity (Wildman–Crippen MR) is 61.7 cm³/mol. The minimum Gasteiger partial charge on any atom is -0.476 e. The highest BCUT2D eigenvalue weighted by Crippen LogP contribution is 2.21. The van der Waals surface area contributed by atoms with Crippen LogP contribution >= 0.6 is 0 Å². The number of allylic oxidation sites excluding steroid dienone is 2. The van der Waals surface area contributed by atoms with Gasteiger partial charge in [-0.05, 0) is 25.0 Å². The quantitative estimate of drug-likeness (QED) is 0.777. The summed E-state index contributed by atoms with van der Waals surface area (Å²) in [4.78, 5) is 26.4. The van der Waals surface area contributed by atoms with Crippen LogP contribution in [0.5, 0.6) is 0 Å². The average molecular weight is 232 g/mol. The first-order valence-electron chi connectivity index (χ1n) is 5.32. The van der Waals surface area contributed by atoms with E-state index >= 15 is 0 Å². The molecule has 5 heteroatoms. The molecule has 0 spiro atoms. The summed E-state index contributed by atoms with van der Waals surface area (Å²) in [6.07, 6.45) is 6.69. The zero-order chi connectivity index (χ0) is 12.3. The van der Waals surface area contributed by atoms with Gasteiger partial charge in [0.25, 0.3) is 0 Å². The number of anilines is 1. The molecule has 0 bridgehead atoms. The minimum atomic E-state index is -1.15. The maximum absolute atomic E-state index is 11.8. The van der Waals surface area contributed by atoms with Crippen LogP contribution in [0.1, 0.15) is 23.3 Å². The molecule has 0 aliphatic heterocycles. The van der Waals surface area contributed by atoms with E-state index in [1.54, 1.807) is 6.07 Å². The maximum atomic E-state index is 11.8. The Hall–Kier alpha value is -2.17. The molecule has 88 valence electrons. The Balaban J connectivity index is 2.12. The highest BCUT2D eigenvalue weighted by Gasteiger charge is 2.21. The van der Waals surface area contributed by atoms with E-state index in [0.29, 0.717) is 12.8 Å². The molecule has 0 atom stereocenters. The van der Waals surface area contributed by atoms with Crippen LogP contribution in [0, 0.1) is 5.92 Å². The van der Waals surface area contributed by atoms with Crippen molar-refractivity contribution in [3.8, 4) is 0 Å². The molecule has 2 N–H and O–H groups in total. The Kier molecular flexibility index (Phi) is 3.18. The fraction of sp³-hybridized carbons (Fsp3) is 0.250. The van der Waals surface area contributed by atoms with E-state index in [0.717, 1.165) is 0 Å². The van der Waals surface area contributed by atoms with Gasteiger partial charge in [0.1, 0.15) is 0 Å². The van der Waals surface area contributed by atoms with E-state index in [2.05, 4.69) is 10.3 Å². The Morgan fingerprint density at radius 1 is 1.35 bits per heavy atom. The molecule has 0 saturated heterocycles. The van der Waals surface area contributed by atoms with Crippen molar-refractivity contribution in [3.63, 3.8) is 0 Å².